The maximum Gasteiger partial charge on any atom is 0.490 e. The van der Waals surface area contributed by atoms with Gasteiger partial charge in [0.1, 0.15) is 5.82 Å². The molecule has 11 nitrogen and oxygen atoms in total. The Balaban J connectivity index is 0.000000349. The zero-order chi connectivity index (χ0) is 30.8. The Bertz CT molecular complexity index is 1150. The monoisotopic (exact) mass is 598 g/mol. The number of alkyl halides is 6. The van der Waals surface area contributed by atoms with Crippen LogP contribution in [-0.2, 0) is 21.4 Å². The van der Waals surface area contributed by atoms with Gasteiger partial charge in [-0.05, 0) is 56.8 Å². The van der Waals surface area contributed by atoms with E-state index >= 15 is 0 Å². The lowest BCUT2D eigenvalue weighted by Gasteiger charge is -2.21. The minimum atomic E-state index is -5.08. The van der Waals surface area contributed by atoms with Crippen molar-refractivity contribution in [1.29, 1.82) is 0 Å². The topological polar surface area (TPSA) is 150 Å². The predicted octanol–water partition coefficient (Wildman–Crippen LogP) is 3.94. The van der Waals surface area contributed by atoms with Crippen molar-refractivity contribution in [3.63, 3.8) is 0 Å². The molecule has 2 aromatic heterocycles. The Morgan fingerprint density at radius 1 is 0.951 bits per heavy atom. The van der Waals surface area contributed by atoms with E-state index in [0.717, 1.165) is 55.9 Å². The molecule has 17 heteroatoms. The number of fused-ring (bicyclic) bond motifs is 1. The van der Waals surface area contributed by atoms with Crippen LogP contribution in [0.1, 0.15) is 44.9 Å². The molecule has 2 saturated heterocycles. The molecular formula is C24H32F6N6O5. The first kappa shape index (κ1) is 33.6. The Kier molecular flexibility index (Phi) is 12.2. The minimum absolute atomic E-state index is 0.0542. The van der Waals surface area contributed by atoms with Crippen LogP contribution in [0.4, 0.5) is 38.0 Å². The van der Waals surface area contributed by atoms with E-state index in [1.807, 2.05) is 7.05 Å². The fraction of sp³-hybridized carbons (Fsp3) is 0.625. The van der Waals surface area contributed by atoms with Crippen LogP contribution >= 0.6 is 0 Å². The molecule has 0 spiro atoms. The highest BCUT2D eigenvalue weighted by Crippen LogP contribution is 2.26. The van der Waals surface area contributed by atoms with Crippen LogP contribution in [0.15, 0.2) is 12.1 Å². The number of amides is 1. The number of rotatable bonds is 4. The van der Waals surface area contributed by atoms with E-state index in [-0.39, 0.29) is 5.91 Å². The number of nitrogens with one attached hydrogen (secondary N) is 2. The third-order valence-electron chi connectivity index (χ3n) is 6.28. The zero-order valence-electron chi connectivity index (χ0n) is 22.2. The number of hydrogen-bond donors (Lipinski definition) is 4. The molecule has 2 aromatic rings. The Morgan fingerprint density at radius 3 is 1.95 bits per heavy atom. The number of anilines is 2. The first-order valence-corrected chi connectivity index (χ1v) is 12.8. The SMILES string of the molecule is Cn1nc(NC(=O)CC2CCNCC2)c2ccc(N3CCCCCC3)nc21.O=C(O)C(F)(F)F.O=C(O)C(F)(F)F. The molecule has 2 fully saturated rings. The first-order valence-electron chi connectivity index (χ1n) is 12.8. The predicted molar refractivity (Wildman–Crippen MR) is 135 cm³/mol. The molecule has 2 aliphatic rings. The van der Waals surface area contributed by atoms with E-state index in [1.54, 1.807) is 4.68 Å². The highest BCUT2D eigenvalue weighted by atomic mass is 19.4. The summed E-state index contributed by atoms with van der Waals surface area (Å²) in [6, 6.07) is 4.12. The minimum Gasteiger partial charge on any atom is -0.475 e. The van der Waals surface area contributed by atoms with Gasteiger partial charge in [0.15, 0.2) is 11.5 Å². The molecule has 0 unspecified atom stereocenters. The summed E-state index contributed by atoms with van der Waals surface area (Å²) in [6.07, 6.45) is -2.41. The fourth-order valence-corrected chi connectivity index (χ4v) is 4.22. The van der Waals surface area contributed by atoms with Gasteiger partial charge in [0.2, 0.25) is 5.91 Å². The third-order valence-corrected chi connectivity index (χ3v) is 6.28. The molecule has 0 atom stereocenters. The normalized spacial score (nSPS) is 16.5. The summed E-state index contributed by atoms with van der Waals surface area (Å²) < 4.78 is 65.2. The van der Waals surface area contributed by atoms with E-state index in [2.05, 4.69) is 32.8 Å². The largest absolute Gasteiger partial charge is 0.490 e. The van der Waals surface area contributed by atoms with Gasteiger partial charge in [0.25, 0.3) is 0 Å². The van der Waals surface area contributed by atoms with Crippen molar-refractivity contribution in [2.45, 2.75) is 57.3 Å². The second-order valence-corrected chi connectivity index (χ2v) is 9.47. The molecule has 0 bridgehead atoms. The van der Waals surface area contributed by atoms with E-state index in [4.69, 9.17) is 24.8 Å². The van der Waals surface area contributed by atoms with Gasteiger partial charge in [0.05, 0.1) is 5.39 Å². The molecule has 4 rings (SSSR count). The van der Waals surface area contributed by atoms with Crippen LogP contribution in [0.25, 0.3) is 11.0 Å². The number of hydrogen-bond acceptors (Lipinski definition) is 7. The number of carboxylic acids is 2. The smallest absolute Gasteiger partial charge is 0.475 e. The van der Waals surface area contributed by atoms with Crippen molar-refractivity contribution in [2.24, 2.45) is 13.0 Å². The number of carbonyl (C=O) groups is 3. The van der Waals surface area contributed by atoms with E-state index in [9.17, 15) is 31.1 Å². The molecule has 0 aromatic carbocycles. The number of carbonyl (C=O) groups excluding carboxylic acids is 1. The van der Waals surface area contributed by atoms with Crippen LogP contribution < -0.4 is 15.5 Å². The number of carboxylic acid groups (broad SMARTS) is 2. The molecule has 2 aliphatic heterocycles. The van der Waals surface area contributed by atoms with Crippen molar-refractivity contribution >= 4 is 40.5 Å². The summed E-state index contributed by atoms with van der Waals surface area (Å²) in [5, 5.41) is 26.0. The second-order valence-electron chi connectivity index (χ2n) is 9.47. The van der Waals surface area contributed by atoms with Crippen LogP contribution in [0, 0.1) is 5.92 Å². The molecule has 41 heavy (non-hydrogen) atoms. The number of aliphatic carboxylic acids is 2. The summed E-state index contributed by atoms with van der Waals surface area (Å²) in [5.74, 6) is -3.35. The quantitative estimate of drug-likeness (QED) is 0.384. The summed E-state index contributed by atoms with van der Waals surface area (Å²) in [6.45, 7) is 4.15. The number of pyridine rings is 1. The maximum atomic E-state index is 12.5. The fourth-order valence-electron chi connectivity index (χ4n) is 4.22. The molecule has 1 amide bonds. The summed E-state index contributed by atoms with van der Waals surface area (Å²) in [4.78, 5) is 37.5. The lowest BCUT2D eigenvalue weighted by Crippen LogP contribution is -2.30. The van der Waals surface area contributed by atoms with Crippen molar-refractivity contribution in [2.75, 3.05) is 36.4 Å². The third kappa shape index (κ3) is 11.0. The van der Waals surface area contributed by atoms with Gasteiger partial charge in [0, 0.05) is 26.6 Å². The summed E-state index contributed by atoms with van der Waals surface area (Å²) in [5.41, 5.74) is 0.828. The van der Waals surface area contributed by atoms with Crippen molar-refractivity contribution in [3.05, 3.63) is 12.1 Å². The van der Waals surface area contributed by atoms with Gasteiger partial charge in [-0.3, -0.25) is 4.79 Å². The lowest BCUT2D eigenvalue weighted by molar-refractivity contribution is -0.193. The number of nitrogens with zero attached hydrogens (tertiary/aromatic N) is 4. The number of aromatic nitrogens is 3. The Labute approximate surface area is 230 Å². The van der Waals surface area contributed by atoms with Gasteiger partial charge >= 0.3 is 24.3 Å². The molecule has 4 N–H and O–H groups in total. The van der Waals surface area contributed by atoms with Gasteiger partial charge in [-0.15, -0.1) is 0 Å². The van der Waals surface area contributed by atoms with Gasteiger partial charge in [-0.25, -0.2) is 19.3 Å². The van der Waals surface area contributed by atoms with Crippen molar-refractivity contribution < 1.29 is 50.9 Å². The molecule has 0 aliphatic carbocycles. The maximum absolute atomic E-state index is 12.5. The van der Waals surface area contributed by atoms with Crippen molar-refractivity contribution in [1.82, 2.24) is 20.1 Å². The molecule has 4 heterocycles. The van der Waals surface area contributed by atoms with E-state index < -0.39 is 24.3 Å². The number of piperidine rings is 1. The molecule has 0 radical (unpaired) electrons. The average Bonchev–Trinajstić information content (AvgIpc) is 3.04. The van der Waals surface area contributed by atoms with Gasteiger partial charge in [-0.1, -0.05) is 12.8 Å². The standard InChI is InChI=1S/C20H30N6O.2C2HF3O2/c1-25-20-16(6-7-17(22-20)26-12-4-2-3-5-13-26)19(24-25)23-18(27)14-15-8-10-21-11-9-15;2*3-2(4,5)1(6)7/h6-7,15,21H,2-5,8-14H2,1H3,(H,23,24,27);2*(H,6,7). The average molecular weight is 599 g/mol. The zero-order valence-corrected chi connectivity index (χ0v) is 22.2. The Hall–Kier alpha value is -3.63. The number of aryl methyl sites for hydroxylation is 1. The Morgan fingerprint density at radius 2 is 1.46 bits per heavy atom. The van der Waals surface area contributed by atoms with Crippen molar-refractivity contribution in [3.8, 4) is 0 Å². The van der Waals surface area contributed by atoms with E-state index in [0.29, 0.717) is 18.2 Å². The van der Waals surface area contributed by atoms with Crippen LogP contribution in [0.3, 0.4) is 0 Å². The highest BCUT2D eigenvalue weighted by Gasteiger charge is 2.38. The number of halogens is 6. The lowest BCUT2D eigenvalue weighted by atomic mass is 9.94. The van der Waals surface area contributed by atoms with Crippen LogP contribution in [-0.4, -0.2) is 81.4 Å². The summed E-state index contributed by atoms with van der Waals surface area (Å²) >= 11 is 0. The molecule has 230 valence electrons. The van der Waals surface area contributed by atoms with Crippen LogP contribution in [0.2, 0.25) is 0 Å². The highest BCUT2D eigenvalue weighted by molar-refractivity contribution is 5.99. The van der Waals surface area contributed by atoms with E-state index in [1.165, 1.54) is 25.7 Å². The molecular weight excluding hydrogens is 566 g/mol. The molecule has 0 saturated carbocycles. The van der Waals surface area contributed by atoms with Gasteiger partial charge < -0.3 is 25.7 Å². The van der Waals surface area contributed by atoms with Crippen LogP contribution in [0.5, 0.6) is 0 Å². The van der Waals surface area contributed by atoms with Gasteiger partial charge in [-0.2, -0.15) is 31.4 Å². The summed E-state index contributed by atoms with van der Waals surface area (Å²) in [7, 11) is 1.89. The first-order chi connectivity index (χ1) is 19.1. The second kappa shape index (κ2) is 14.8.